The minimum absolute atomic E-state index is 0.118. The number of hydrogen-bond acceptors (Lipinski definition) is 6. The number of nitrogen functional groups attached to an aromatic ring is 1. The number of nitrogens with zero attached hydrogens (tertiary/aromatic N) is 4. The lowest BCUT2D eigenvalue weighted by Crippen LogP contribution is -2.37. The molecule has 0 bridgehead atoms. The Hall–Kier alpha value is -4.23. The molecule has 0 aliphatic carbocycles. The van der Waals surface area contributed by atoms with Crippen molar-refractivity contribution >= 4 is 40.0 Å². The van der Waals surface area contributed by atoms with E-state index in [0.717, 1.165) is 17.0 Å². The van der Waals surface area contributed by atoms with Gasteiger partial charge in [-0.2, -0.15) is 8.78 Å². The Bertz CT molecular complexity index is 1430. The molecule has 3 N–H and O–H groups in total. The van der Waals surface area contributed by atoms with Gasteiger partial charge in [-0.3, -0.25) is 19.2 Å². The average Bonchev–Trinajstić information content (AvgIpc) is 3.24. The van der Waals surface area contributed by atoms with Crippen molar-refractivity contribution in [2.75, 3.05) is 41.7 Å². The number of ether oxygens (including phenoxy) is 1. The zero-order valence-corrected chi connectivity index (χ0v) is 19.3. The van der Waals surface area contributed by atoms with Crippen molar-refractivity contribution in [3.63, 3.8) is 0 Å². The lowest BCUT2D eigenvalue weighted by atomic mass is 10.2. The van der Waals surface area contributed by atoms with Crippen LogP contribution in [0.5, 0.6) is 0 Å². The van der Waals surface area contributed by atoms with Crippen LogP contribution in [-0.4, -0.2) is 60.1 Å². The van der Waals surface area contributed by atoms with Crippen LogP contribution in [0, 0.1) is 11.6 Å². The summed E-state index contributed by atoms with van der Waals surface area (Å²) in [6.07, 6.45) is -5.11. The summed E-state index contributed by atoms with van der Waals surface area (Å²) in [7, 11) is 0. The van der Waals surface area contributed by atoms with Crippen LogP contribution in [0.1, 0.15) is 0 Å². The smallest absolute Gasteiger partial charge is 0.414 e. The average molecular weight is 522 g/mol. The van der Waals surface area contributed by atoms with Gasteiger partial charge in [0.1, 0.15) is 11.8 Å². The van der Waals surface area contributed by atoms with E-state index in [1.165, 1.54) is 9.58 Å². The molecule has 2 aliphatic heterocycles. The number of carbonyl (C=O) groups is 2. The van der Waals surface area contributed by atoms with E-state index in [9.17, 15) is 23.2 Å². The highest BCUT2D eigenvalue weighted by atomic mass is 19.3. The van der Waals surface area contributed by atoms with Crippen LogP contribution in [0.2, 0.25) is 0 Å². The van der Waals surface area contributed by atoms with Crippen LogP contribution in [0.4, 0.5) is 39.4 Å². The zero-order chi connectivity index (χ0) is 26.4. The first-order valence-electron chi connectivity index (χ1n) is 11.4. The summed E-state index contributed by atoms with van der Waals surface area (Å²) >= 11 is 0. The maximum Gasteiger partial charge on any atom is 0.414 e. The van der Waals surface area contributed by atoms with Gasteiger partial charge in [-0.15, -0.1) is 0 Å². The van der Waals surface area contributed by atoms with Crippen molar-refractivity contribution in [1.29, 1.82) is 0 Å². The predicted octanol–water partition coefficient (Wildman–Crippen LogP) is 1.89. The highest BCUT2D eigenvalue weighted by molar-refractivity contribution is 5.90. The first kappa shape index (κ1) is 24.5. The second-order valence-corrected chi connectivity index (χ2v) is 8.74. The van der Waals surface area contributed by atoms with Gasteiger partial charge in [-0.1, -0.05) is 0 Å². The Morgan fingerprint density at radius 1 is 1.05 bits per heavy atom. The minimum Gasteiger partial charge on any atom is -0.442 e. The second-order valence-electron chi connectivity index (χ2n) is 8.74. The summed E-state index contributed by atoms with van der Waals surface area (Å²) < 4.78 is 63.4. The van der Waals surface area contributed by atoms with Crippen LogP contribution in [0.25, 0.3) is 10.9 Å². The molecule has 1 aromatic heterocycles. The highest BCUT2D eigenvalue weighted by Gasteiger charge is 2.34. The maximum atomic E-state index is 15.2. The molecule has 10 nitrogen and oxygen atoms in total. The van der Waals surface area contributed by atoms with Crippen LogP contribution < -0.4 is 26.4 Å². The van der Waals surface area contributed by atoms with Crippen molar-refractivity contribution in [3.05, 3.63) is 52.3 Å². The van der Waals surface area contributed by atoms with Gasteiger partial charge in [0.25, 0.3) is 11.5 Å². The number of alkyl halides is 2. The standard InChI is InChI=1S/C23H22F4N6O4/c24-16-8-13(31-11-14(37-23(31)36)10-29-21(34)20(26)27)9-17(25)19(16)30-3-5-32-18-2-1-12(28)7-15(18)22(35)33(32)6-4-30/h1-2,7-9,14,20H,3-6,10-11,28H2,(H,29,34). The van der Waals surface area contributed by atoms with Crippen molar-refractivity contribution in [1.82, 2.24) is 14.7 Å². The Kier molecular flexibility index (Phi) is 6.17. The molecule has 37 heavy (non-hydrogen) atoms. The van der Waals surface area contributed by atoms with Gasteiger partial charge >= 0.3 is 12.5 Å². The molecule has 3 heterocycles. The SMILES string of the molecule is Nc1ccc2c(c1)c(=O)n1n2CCN(c2c(F)cc(N3CC(CNC(=O)C(F)F)OC3=O)cc2F)CC1. The van der Waals surface area contributed by atoms with E-state index in [0.29, 0.717) is 16.6 Å². The quantitative estimate of drug-likeness (QED) is 0.391. The summed E-state index contributed by atoms with van der Waals surface area (Å²) in [5.74, 6) is -3.36. The van der Waals surface area contributed by atoms with Crippen LogP contribution in [-0.2, 0) is 22.6 Å². The Balaban J connectivity index is 1.33. The minimum atomic E-state index is -3.22. The molecule has 0 spiro atoms. The lowest BCUT2D eigenvalue weighted by Gasteiger charge is -2.24. The Morgan fingerprint density at radius 2 is 1.73 bits per heavy atom. The fourth-order valence-corrected chi connectivity index (χ4v) is 4.70. The van der Waals surface area contributed by atoms with E-state index in [-0.39, 0.29) is 56.2 Å². The molecule has 2 amide bonds. The number of hydrogen-bond donors (Lipinski definition) is 2. The Morgan fingerprint density at radius 3 is 2.41 bits per heavy atom. The van der Waals surface area contributed by atoms with E-state index in [1.807, 2.05) is 5.32 Å². The maximum absolute atomic E-state index is 15.2. The fourth-order valence-electron chi connectivity index (χ4n) is 4.70. The molecule has 2 aliphatic rings. The monoisotopic (exact) mass is 522 g/mol. The number of anilines is 3. The number of benzene rings is 2. The van der Waals surface area contributed by atoms with Crippen molar-refractivity contribution < 1.29 is 31.9 Å². The zero-order valence-electron chi connectivity index (χ0n) is 19.3. The number of cyclic esters (lactones) is 1. The van der Waals surface area contributed by atoms with Gasteiger partial charge < -0.3 is 20.7 Å². The molecule has 1 atom stereocenters. The summed E-state index contributed by atoms with van der Waals surface area (Å²) in [6.45, 7) is 0.255. The number of nitrogens with two attached hydrogens (primary N) is 1. The third-order valence-corrected chi connectivity index (χ3v) is 6.42. The topological polar surface area (TPSA) is 115 Å². The number of amides is 2. The van der Waals surface area contributed by atoms with Gasteiger partial charge in [-0.25, -0.2) is 18.3 Å². The molecule has 0 saturated carbocycles. The van der Waals surface area contributed by atoms with Crippen LogP contribution >= 0.6 is 0 Å². The third-order valence-electron chi connectivity index (χ3n) is 6.42. The summed E-state index contributed by atoms with van der Waals surface area (Å²) in [4.78, 5) is 38.5. The van der Waals surface area contributed by atoms with E-state index >= 15 is 8.78 Å². The van der Waals surface area contributed by atoms with E-state index in [2.05, 4.69) is 0 Å². The summed E-state index contributed by atoms with van der Waals surface area (Å²) in [5, 5.41) is 2.41. The van der Waals surface area contributed by atoms with Crippen LogP contribution in [0.15, 0.2) is 35.1 Å². The lowest BCUT2D eigenvalue weighted by molar-refractivity contribution is -0.132. The van der Waals surface area contributed by atoms with E-state index < -0.39 is 36.2 Å². The van der Waals surface area contributed by atoms with Gasteiger partial charge in [0.05, 0.1) is 42.8 Å². The molecule has 5 rings (SSSR count). The first-order valence-corrected chi connectivity index (χ1v) is 11.4. The van der Waals surface area contributed by atoms with Gasteiger partial charge in [-0.05, 0) is 18.2 Å². The molecule has 2 aromatic carbocycles. The van der Waals surface area contributed by atoms with E-state index in [1.54, 1.807) is 22.9 Å². The number of carbonyl (C=O) groups excluding carboxylic acids is 2. The molecular weight excluding hydrogens is 500 g/mol. The number of halogens is 4. The van der Waals surface area contributed by atoms with Crippen molar-refractivity contribution in [2.45, 2.75) is 25.6 Å². The molecule has 1 fully saturated rings. The van der Waals surface area contributed by atoms with E-state index in [4.69, 9.17) is 10.5 Å². The summed E-state index contributed by atoms with van der Waals surface area (Å²) in [6, 6.07) is 6.97. The molecule has 3 aromatic rings. The molecule has 0 radical (unpaired) electrons. The van der Waals surface area contributed by atoms with Crippen molar-refractivity contribution in [3.8, 4) is 0 Å². The highest BCUT2D eigenvalue weighted by Crippen LogP contribution is 2.31. The second kappa shape index (κ2) is 9.33. The van der Waals surface area contributed by atoms with Gasteiger partial charge in [0, 0.05) is 30.9 Å². The summed E-state index contributed by atoms with van der Waals surface area (Å²) in [5.41, 5.74) is 6.27. The van der Waals surface area contributed by atoms with Crippen LogP contribution in [0.3, 0.4) is 0 Å². The molecule has 1 unspecified atom stereocenters. The molecular formula is C23H22F4N6O4. The first-order chi connectivity index (χ1) is 17.6. The number of rotatable bonds is 5. The largest absolute Gasteiger partial charge is 0.442 e. The molecule has 1 saturated heterocycles. The Labute approximate surface area is 206 Å². The van der Waals surface area contributed by atoms with Gasteiger partial charge in [0.15, 0.2) is 11.6 Å². The van der Waals surface area contributed by atoms with Gasteiger partial charge in [0.2, 0.25) is 0 Å². The fraction of sp³-hybridized carbons (Fsp3) is 0.348. The third kappa shape index (κ3) is 4.42. The molecule has 196 valence electrons. The number of aromatic nitrogens is 2. The van der Waals surface area contributed by atoms with Crippen molar-refractivity contribution in [2.24, 2.45) is 0 Å². The predicted molar refractivity (Wildman–Crippen MR) is 126 cm³/mol. The number of nitrogens with one attached hydrogen (secondary N) is 1. The number of fused-ring (bicyclic) bond motifs is 3. The molecule has 14 heteroatoms. The normalized spacial score (nSPS) is 17.8.